The molecule has 1 aromatic carbocycles. The van der Waals surface area contributed by atoms with Gasteiger partial charge in [-0.1, -0.05) is 18.2 Å². The quantitative estimate of drug-likeness (QED) is 0.414. The van der Waals surface area contributed by atoms with Gasteiger partial charge in [0.1, 0.15) is 5.76 Å². The van der Waals surface area contributed by atoms with Crippen molar-refractivity contribution in [3.63, 3.8) is 0 Å². The first kappa shape index (κ1) is 16.3. The molecular formula is C17H16N4O4. The van der Waals surface area contributed by atoms with E-state index in [1.165, 1.54) is 6.26 Å². The molecule has 0 saturated carbocycles. The van der Waals surface area contributed by atoms with Gasteiger partial charge >= 0.3 is 11.8 Å². The van der Waals surface area contributed by atoms with Crippen molar-refractivity contribution in [1.82, 2.24) is 21.2 Å². The SMILES string of the molecule is O=C(Cc1c[nH]c2ccccc12)NNC(=O)C(=O)NCc1ccco1. The van der Waals surface area contributed by atoms with Crippen molar-refractivity contribution >= 4 is 28.6 Å². The molecule has 0 saturated heterocycles. The van der Waals surface area contributed by atoms with E-state index in [-0.39, 0.29) is 13.0 Å². The van der Waals surface area contributed by atoms with Gasteiger partial charge in [0.25, 0.3) is 0 Å². The van der Waals surface area contributed by atoms with Crippen LogP contribution in [-0.2, 0) is 27.3 Å². The average Bonchev–Trinajstić information content (AvgIpc) is 3.28. The number of amides is 3. The Bertz CT molecular complexity index is 898. The molecular weight excluding hydrogens is 324 g/mol. The molecule has 0 bridgehead atoms. The van der Waals surface area contributed by atoms with Gasteiger partial charge in [0.05, 0.1) is 19.2 Å². The second-order valence-corrected chi connectivity index (χ2v) is 5.30. The van der Waals surface area contributed by atoms with Crippen LogP contribution in [0.1, 0.15) is 11.3 Å². The number of aromatic nitrogens is 1. The summed E-state index contributed by atoms with van der Waals surface area (Å²) in [5.41, 5.74) is 6.02. The number of fused-ring (bicyclic) bond motifs is 1. The number of rotatable bonds is 4. The maximum Gasteiger partial charge on any atom is 0.327 e. The lowest BCUT2D eigenvalue weighted by molar-refractivity contribution is -0.141. The van der Waals surface area contributed by atoms with Crippen LogP contribution in [0.15, 0.2) is 53.3 Å². The molecule has 0 aliphatic rings. The Morgan fingerprint density at radius 2 is 1.84 bits per heavy atom. The zero-order chi connectivity index (χ0) is 17.6. The molecule has 0 radical (unpaired) electrons. The summed E-state index contributed by atoms with van der Waals surface area (Å²) in [6, 6.07) is 10.9. The van der Waals surface area contributed by atoms with Crippen LogP contribution >= 0.6 is 0 Å². The standard InChI is InChI=1S/C17H16N4O4/c22-15(8-11-9-18-14-6-2-1-5-13(11)14)20-21-17(24)16(23)19-10-12-4-3-7-25-12/h1-7,9,18H,8,10H2,(H,19,23)(H,20,22)(H,21,24). The van der Waals surface area contributed by atoms with Gasteiger partial charge in [-0.15, -0.1) is 0 Å². The number of benzene rings is 1. The van der Waals surface area contributed by atoms with Gasteiger partial charge in [0.2, 0.25) is 5.91 Å². The summed E-state index contributed by atoms with van der Waals surface area (Å²) in [5.74, 6) is -1.75. The second-order valence-electron chi connectivity index (χ2n) is 5.30. The van der Waals surface area contributed by atoms with Crippen molar-refractivity contribution in [1.29, 1.82) is 0 Å². The Morgan fingerprint density at radius 1 is 1.00 bits per heavy atom. The zero-order valence-corrected chi connectivity index (χ0v) is 13.2. The van der Waals surface area contributed by atoms with Gasteiger partial charge in [-0.2, -0.15) is 0 Å². The second kappa shape index (κ2) is 7.35. The minimum absolute atomic E-state index is 0.0678. The minimum Gasteiger partial charge on any atom is -0.467 e. The van der Waals surface area contributed by atoms with Crippen LogP contribution in [0.3, 0.4) is 0 Å². The molecule has 3 amide bonds. The molecule has 2 heterocycles. The van der Waals surface area contributed by atoms with Crippen molar-refractivity contribution in [2.24, 2.45) is 0 Å². The molecule has 0 aliphatic carbocycles. The highest BCUT2D eigenvalue weighted by Crippen LogP contribution is 2.17. The van der Waals surface area contributed by atoms with Crippen molar-refractivity contribution in [2.45, 2.75) is 13.0 Å². The lowest BCUT2D eigenvalue weighted by Crippen LogP contribution is -2.48. The zero-order valence-electron chi connectivity index (χ0n) is 13.2. The van der Waals surface area contributed by atoms with E-state index in [1.807, 2.05) is 24.3 Å². The molecule has 4 N–H and O–H groups in total. The molecule has 3 rings (SSSR count). The van der Waals surface area contributed by atoms with Gasteiger partial charge in [0, 0.05) is 17.1 Å². The van der Waals surface area contributed by atoms with Gasteiger partial charge in [-0.3, -0.25) is 25.2 Å². The van der Waals surface area contributed by atoms with E-state index in [0.717, 1.165) is 16.5 Å². The Kier molecular flexibility index (Phi) is 4.79. The molecule has 0 atom stereocenters. The highest BCUT2D eigenvalue weighted by atomic mass is 16.3. The molecule has 8 heteroatoms. The Morgan fingerprint density at radius 3 is 2.64 bits per heavy atom. The van der Waals surface area contributed by atoms with E-state index < -0.39 is 17.7 Å². The third-order valence-corrected chi connectivity index (χ3v) is 3.55. The van der Waals surface area contributed by atoms with Crippen LogP contribution in [0.5, 0.6) is 0 Å². The fourth-order valence-corrected chi connectivity index (χ4v) is 2.34. The van der Waals surface area contributed by atoms with Crippen molar-refractivity contribution in [3.8, 4) is 0 Å². The van der Waals surface area contributed by atoms with Crippen LogP contribution in [0.25, 0.3) is 10.9 Å². The number of H-pyrrole nitrogens is 1. The molecule has 3 aromatic rings. The number of hydrogen-bond acceptors (Lipinski definition) is 4. The smallest absolute Gasteiger partial charge is 0.327 e. The highest BCUT2D eigenvalue weighted by Gasteiger charge is 2.15. The van der Waals surface area contributed by atoms with Gasteiger partial charge < -0.3 is 14.7 Å². The monoisotopic (exact) mass is 340 g/mol. The van der Waals surface area contributed by atoms with Crippen LogP contribution < -0.4 is 16.2 Å². The summed E-state index contributed by atoms with van der Waals surface area (Å²) in [5, 5.41) is 3.31. The average molecular weight is 340 g/mol. The Labute approximate surface area is 142 Å². The van der Waals surface area contributed by atoms with Crippen molar-refractivity contribution in [2.75, 3.05) is 0 Å². The number of furan rings is 1. The molecule has 0 spiro atoms. The third kappa shape index (κ3) is 4.05. The topological polar surface area (TPSA) is 116 Å². The van der Waals surface area contributed by atoms with Gasteiger partial charge in [-0.25, -0.2) is 0 Å². The Hall–Kier alpha value is -3.55. The summed E-state index contributed by atoms with van der Waals surface area (Å²) >= 11 is 0. The van der Waals surface area contributed by atoms with E-state index in [2.05, 4.69) is 21.2 Å². The number of nitrogens with one attached hydrogen (secondary N) is 4. The molecule has 0 fully saturated rings. The highest BCUT2D eigenvalue weighted by molar-refractivity contribution is 6.35. The number of carbonyl (C=O) groups is 3. The van der Waals surface area contributed by atoms with Crippen LogP contribution in [0.4, 0.5) is 0 Å². The van der Waals surface area contributed by atoms with E-state index in [1.54, 1.807) is 18.3 Å². The van der Waals surface area contributed by atoms with Crippen LogP contribution in [-0.4, -0.2) is 22.7 Å². The molecule has 25 heavy (non-hydrogen) atoms. The first-order valence-electron chi connectivity index (χ1n) is 7.58. The fraction of sp³-hybridized carbons (Fsp3) is 0.118. The van der Waals surface area contributed by atoms with E-state index in [0.29, 0.717) is 5.76 Å². The lowest BCUT2D eigenvalue weighted by Gasteiger charge is -2.07. The van der Waals surface area contributed by atoms with Gasteiger partial charge in [0.15, 0.2) is 0 Å². The van der Waals surface area contributed by atoms with E-state index >= 15 is 0 Å². The summed E-state index contributed by atoms with van der Waals surface area (Å²) in [6.45, 7) is 0.0859. The number of hydrazine groups is 1. The third-order valence-electron chi connectivity index (χ3n) is 3.55. The maximum absolute atomic E-state index is 11.9. The number of para-hydroxylation sites is 1. The first-order valence-corrected chi connectivity index (χ1v) is 7.58. The molecule has 128 valence electrons. The molecule has 8 nitrogen and oxygen atoms in total. The lowest BCUT2D eigenvalue weighted by atomic mass is 10.1. The summed E-state index contributed by atoms with van der Waals surface area (Å²) < 4.78 is 5.04. The predicted octanol–water partition coefficient (Wildman–Crippen LogP) is 0.767. The maximum atomic E-state index is 11.9. The molecule has 0 unspecified atom stereocenters. The Balaban J connectivity index is 1.46. The largest absolute Gasteiger partial charge is 0.467 e. The normalized spacial score (nSPS) is 10.4. The predicted molar refractivity (Wildman–Crippen MR) is 88.8 cm³/mol. The summed E-state index contributed by atoms with van der Waals surface area (Å²) in [4.78, 5) is 38.3. The minimum atomic E-state index is -0.959. The number of carbonyl (C=O) groups excluding carboxylic acids is 3. The van der Waals surface area contributed by atoms with E-state index in [4.69, 9.17) is 4.42 Å². The van der Waals surface area contributed by atoms with E-state index in [9.17, 15) is 14.4 Å². The van der Waals surface area contributed by atoms with Crippen LogP contribution in [0.2, 0.25) is 0 Å². The first-order chi connectivity index (χ1) is 12.1. The molecule has 2 aromatic heterocycles. The van der Waals surface area contributed by atoms with Gasteiger partial charge in [-0.05, 0) is 23.8 Å². The van der Waals surface area contributed by atoms with Crippen LogP contribution in [0, 0.1) is 0 Å². The summed E-state index contributed by atoms with van der Waals surface area (Å²) in [6.07, 6.45) is 3.27. The van der Waals surface area contributed by atoms with Crippen molar-refractivity contribution < 1.29 is 18.8 Å². The summed E-state index contributed by atoms with van der Waals surface area (Å²) in [7, 11) is 0. The van der Waals surface area contributed by atoms with Crippen molar-refractivity contribution in [3.05, 3.63) is 60.2 Å². The molecule has 0 aliphatic heterocycles. The number of aromatic amines is 1. The number of hydrogen-bond donors (Lipinski definition) is 4. The fourth-order valence-electron chi connectivity index (χ4n) is 2.34.